The molecule has 0 radical (unpaired) electrons. The number of carbonyl (C=O) groups excluding carboxylic acids is 2. The number of rotatable bonds is 9. The number of amides is 2. The number of anilines is 2. The number of imidazole rings is 1. The predicted molar refractivity (Wildman–Crippen MR) is 215 cm³/mol. The lowest BCUT2D eigenvalue weighted by Crippen LogP contribution is -2.34. The van der Waals surface area contributed by atoms with Gasteiger partial charge in [-0.3, -0.25) is 38.3 Å². The second kappa shape index (κ2) is 17.8. The van der Waals surface area contributed by atoms with E-state index in [-0.39, 0.29) is 47.1 Å². The van der Waals surface area contributed by atoms with E-state index < -0.39 is 99.2 Å². The van der Waals surface area contributed by atoms with Gasteiger partial charge >= 0.3 is 13.4 Å². The third-order valence-corrected chi connectivity index (χ3v) is 13.5. The molecule has 23 nitrogen and oxygen atoms in total. The number of aromatic amines is 1. The standard InChI is InChI=1S/C33H34F2N12O11P2S2/c1-15(2)28(48)42-33-41-27-22(30(50)43-33)39-14-46(27)32-24-19(34)17(55-32)11-53-59(51,61)57-23-18(12-54-60(62,58-24)52-10-6-9-36)56-31(20(23)35)47-26-21(44-45-47)25(37-13-38-26)40-29(49)16-7-4-3-5-8-16/h3-5,7-8,13-15,17-20,23-24,31-32H,6,10-12H2,1-2H3,(H,51,61)(H,37,38,40,49)(H2,41,42,43,48,50)/t17-,18-,19-,20+,23-,24-,31-,32-,59?,60?/m1/s1. The molecular formula is C33H34F2N12O11P2S2. The maximum atomic E-state index is 16.7. The van der Waals surface area contributed by atoms with Gasteiger partial charge in [0.15, 0.2) is 52.9 Å². The molecule has 5 aromatic rings. The lowest BCUT2D eigenvalue weighted by Gasteiger charge is -2.30. The number of halogens is 2. The Kier molecular flexibility index (Phi) is 12.6. The summed E-state index contributed by atoms with van der Waals surface area (Å²) in [6.45, 7) is -7.23. The van der Waals surface area contributed by atoms with Crippen LogP contribution in [0.4, 0.5) is 20.5 Å². The topological polar surface area (TPSA) is 287 Å². The van der Waals surface area contributed by atoms with Crippen molar-refractivity contribution < 1.29 is 55.4 Å². The summed E-state index contributed by atoms with van der Waals surface area (Å²) in [6, 6.07) is 10.2. The van der Waals surface area contributed by atoms with Gasteiger partial charge in [0, 0.05) is 11.5 Å². The normalized spacial score (nSPS) is 30.3. The average molecular weight is 939 g/mol. The van der Waals surface area contributed by atoms with Crippen LogP contribution in [-0.2, 0) is 60.5 Å². The first-order chi connectivity index (χ1) is 29.6. The van der Waals surface area contributed by atoms with Crippen molar-refractivity contribution in [1.29, 1.82) is 5.26 Å². The molecule has 4 N–H and O–H groups in total. The van der Waals surface area contributed by atoms with Crippen molar-refractivity contribution in [1.82, 2.24) is 44.5 Å². The van der Waals surface area contributed by atoms with Gasteiger partial charge in [-0.05, 0) is 35.7 Å². The van der Waals surface area contributed by atoms with E-state index in [1.807, 2.05) is 6.07 Å². The zero-order chi connectivity index (χ0) is 43.9. The number of nitrogens with one attached hydrogen (secondary N) is 3. The molecule has 0 saturated carbocycles. The third kappa shape index (κ3) is 8.91. The summed E-state index contributed by atoms with van der Waals surface area (Å²) in [6.07, 6.45) is -12.1. The number of nitriles is 1. The van der Waals surface area contributed by atoms with E-state index in [0.29, 0.717) is 5.56 Å². The molecule has 2 bridgehead atoms. The van der Waals surface area contributed by atoms with E-state index >= 15 is 8.78 Å². The van der Waals surface area contributed by atoms with Crippen LogP contribution in [0.1, 0.15) is 43.1 Å². The van der Waals surface area contributed by atoms with Crippen LogP contribution in [0.25, 0.3) is 22.3 Å². The highest BCUT2D eigenvalue weighted by atomic mass is 32.5. The number of carbonyl (C=O) groups is 2. The molecule has 3 aliphatic heterocycles. The first-order valence-electron chi connectivity index (χ1n) is 18.5. The van der Waals surface area contributed by atoms with E-state index in [9.17, 15) is 24.5 Å². The average Bonchev–Trinajstić information content (AvgIpc) is 4.01. The minimum absolute atomic E-state index is 0.0230. The van der Waals surface area contributed by atoms with Gasteiger partial charge in [0.25, 0.3) is 11.5 Å². The monoisotopic (exact) mass is 938 g/mol. The summed E-state index contributed by atoms with van der Waals surface area (Å²) in [5.74, 6) is -1.73. The summed E-state index contributed by atoms with van der Waals surface area (Å²) < 4.78 is 76.7. The van der Waals surface area contributed by atoms with Crippen molar-refractivity contribution >= 4 is 83.0 Å². The number of benzene rings is 1. The molecule has 29 heteroatoms. The van der Waals surface area contributed by atoms with Crippen LogP contribution in [0, 0.1) is 17.2 Å². The Morgan fingerprint density at radius 2 is 1.77 bits per heavy atom. The van der Waals surface area contributed by atoms with Crippen molar-refractivity contribution in [2.45, 2.75) is 69.5 Å². The SMILES string of the molecule is CC(C)C(=O)Nc1nc2c(ncn2[C@@H]2O[C@@H]3COP(O)(=S)O[C@H]4[C@H](F)[C@H](n5nnc6c(NC(=O)c7ccccc7)ncnc65)O[C@@H]4COP(=S)(OCCC#N)O[C@@H]2[C@@H]3F)c(=O)[nH]1. The minimum atomic E-state index is -4.48. The Bertz CT molecular complexity index is 2710. The Hall–Kier alpha value is -4.68. The number of hydrogen-bond donors (Lipinski definition) is 4. The maximum Gasteiger partial charge on any atom is 0.327 e. The largest absolute Gasteiger partial charge is 0.346 e. The number of hydrogen-bond acceptors (Lipinski definition) is 19. The Morgan fingerprint density at radius 3 is 2.53 bits per heavy atom. The van der Waals surface area contributed by atoms with Crippen LogP contribution in [0.5, 0.6) is 0 Å². The summed E-state index contributed by atoms with van der Waals surface area (Å²) in [7, 11) is 0. The fraction of sp³-hybridized carbons (Fsp3) is 0.455. The first kappa shape index (κ1) is 43.9. The molecular weight excluding hydrogens is 905 g/mol. The van der Waals surface area contributed by atoms with Crippen molar-refractivity contribution in [3.8, 4) is 6.07 Å². The molecule has 2 amide bonds. The fourth-order valence-corrected chi connectivity index (χ4v) is 10.0. The maximum absolute atomic E-state index is 16.7. The van der Waals surface area contributed by atoms with Crippen LogP contribution < -0.4 is 16.2 Å². The summed E-state index contributed by atoms with van der Waals surface area (Å²) >= 11 is 11.0. The van der Waals surface area contributed by atoms with E-state index in [1.54, 1.807) is 44.2 Å². The number of fused-ring (bicyclic) bond motifs is 5. The Morgan fingerprint density at radius 1 is 1.02 bits per heavy atom. The third-order valence-electron chi connectivity index (χ3n) is 9.54. The molecule has 3 saturated heterocycles. The van der Waals surface area contributed by atoms with E-state index in [0.717, 1.165) is 21.9 Å². The smallest absolute Gasteiger partial charge is 0.327 e. The lowest BCUT2D eigenvalue weighted by atomic mass is 10.1. The highest BCUT2D eigenvalue weighted by Gasteiger charge is 2.54. The minimum Gasteiger partial charge on any atom is -0.346 e. The quantitative estimate of drug-likeness (QED) is 0.122. The molecule has 328 valence electrons. The Balaban J connectivity index is 1.10. The van der Waals surface area contributed by atoms with Crippen molar-refractivity contribution in [2.75, 3.05) is 30.5 Å². The first-order valence-corrected chi connectivity index (χ1v) is 23.7. The molecule has 1 aromatic carbocycles. The van der Waals surface area contributed by atoms with Crippen LogP contribution in [0.3, 0.4) is 0 Å². The van der Waals surface area contributed by atoms with Gasteiger partial charge in [0.1, 0.15) is 30.7 Å². The van der Waals surface area contributed by atoms with Crippen molar-refractivity contribution in [3.05, 3.63) is 58.9 Å². The van der Waals surface area contributed by atoms with Gasteiger partial charge in [-0.25, -0.2) is 23.7 Å². The molecule has 3 fully saturated rings. The molecule has 0 spiro atoms. The summed E-state index contributed by atoms with van der Waals surface area (Å²) in [4.78, 5) is 68.7. The molecule has 2 unspecified atom stereocenters. The van der Waals surface area contributed by atoms with Crippen LogP contribution in [-0.4, -0.2) is 118 Å². The van der Waals surface area contributed by atoms with Gasteiger partial charge in [0.2, 0.25) is 11.9 Å². The molecule has 4 aromatic heterocycles. The van der Waals surface area contributed by atoms with Crippen molar-refractivity contribution in [3.63, 3.8) is 0 Å². The number of aromatic nitrogens is 9. The number of nitrogens with zero attached hydrogens (tertiary/aromatic N) is 9. The van der Waals surface area contributed by atoms with Gasteiger partial charge in [-0.2, -0.15) is 14.9 Å². The van der Waals surface area contributed by atoms with Crippen molar-refractivity contribution in [2.24, 2.45) is 5.92 Å². The van der Waals surface area contributed by atoms with E-state index in [2.05, 4.69) is 45.9 Å². The second-order valence-corrected chi connectivity index (χ2v) is 19.8. The lowest BCUT2D eigenvalue weighted by molar-refractivity contribution is -0.118. The number of H-pyrrole nitrogens is 1. The second-order valence-electron chi connectivity index (χ2n) is 14.0. The van der Waals surface area contributed by atoms with Gasteiger partial charge < -0.3 is 33.3 Å². The predicted octanol–water partition coefficient (Wildman–Crippen LogP) is 2.86. The zero-order valence-electron chi connectivity index (χ0n) is 32.1. The van der Waals surface area contributed by atoms with Crippen LogP contribution in [0.2, 0.25) is 0 Å². The molecule has 62 heavy (non-hydrogen) atoms. The van der Waals surface area contributed by atoms with Gasteiger partial charge in [-0.1, -0.05) is 37.3 Å². The van der Waals surface area contributed by atoms with E-state index in [1.165, 1.54) is 0 Å². The van der Waals surface area contributed by atoms with Crippen LogP contribution in [0.15, 0.2) is 47.8 Å². The Labute approximate surface area is 357 Å². The molecule has 3 aliphatic rings. The highest BCUT2D eigenvalue weighted by Crippen LogP contribution is 2.57. The van der Waals surface area contributed by atoms with E-state index in [4.69, 9.17) is 55.7 Å². The number of ether oxygens (including phenoxy) is 2. The number of alkyl halides is 2. The summed E-state index contributed by atoms with van der Waals surface area (Å²) in [5.41, 5.74) is -0.876. The molecule has 7 heterocycles. The fourth-order valence-electron chi connectivity index (χ4n) is 6.51. The highest BCUT2D eigenvalue weighted by molar-refractivity contribution is 8.07. The van der Waals surface area contributed by atoms with Crippen LogP contribution >= 0.6 is 13.4 Å². The zero-order valence-corrected chi connectivity index (χ0v) is 35.5. The summed E-state index contributed by atoms with van der Waals surface area (Å²) in [5, 5.41) is 22.5. The molecule has 0 aliphatic carbocycles. The van der Waals surface area contributed by atoms with Gasteiger partial charge in [0.05, 0.1) is 38.6 Å². The molecule has 8 rings (SSSR count). The molecule has 10 atom stereocenters. The van der Waals surface area contributed by atoms with Gasteiger partial charge in [-0.15, -0.1) is 5.10 Å².